The largest absolute Gasteiger partial charge is 0.490 e. The molecule has 5 heteroatoms. The Morgan fingerprint density at radius 3 is 2.75 bits per heavy atom. The van der Waals surface area contributed by atoms with Crippen molar-refractivity contribution in [2.45, 2.75) is 18.9 Å². The number of amides is 1. The smallest absolute Gasteiger partial charge is 0.259 e. The number of rotatable bonds is 5. The average molecular weight is 322 g/mol. The molecule has 0 radical (unpaired) electrons. The molecule has 0 saturated carbocycles. The molecule has 1 atom stereocenters. The van der Waals surface area contributed by atoms with Crippen molar-refractivity contribution in [3.63, 3.8) is 0 Å². The summed E-state index contributed by atoms with van der Waals surface area (Å²) < 4.78 is 11.3. The molecule has 0 spiro atoms. The second kappa shape index (κ2) is 7.62. The van der Waals surface area contributed by atoms with Crippen molar-refractivity contribution in [2.75, 3.05) is 18.5 Å². The Kier molecular flexibility index (Phi) is 5.09. The minimum Gasteiger partial charge on any atom is -0.490 e. The number of carbonyl (C=O) groups excluding carboxylic acids is 1. The van der Waals surface area contributed by atoms with Gasteiger partial charge in [-0.15, -0.1) is 0 Å². The molecule has 1 aliphatic heterocycles. The number of nitrogens with one attached hydrogen (secondary N) is 1. The monoisotopic (exact) mass is 322 g/mol. The highest BCUT2D eigenvalue weighted by atomic mass is 16.5. The summed E-state index contributed by atoms with van der Waals surface area (Å²) in [6, 6.07) is 15.9. The molecule has 3 rings (SSSR count). The van der Waals surface area contributed by atoms with E-state index >= 15 is 0 Å². The van der Waals surface area contributed by atoms with Crippen molar-refractivity contribution in [2.24, 2.45) is 0 Å². The molecule has 122 valence electrons. The SMILES string of the molecule is N#Cc1ccc(NC(=O)c2ccccc2OCC2CCCO2)cc1. The lowest BCUT2D eigenvalue weighted by Crippen LogP contribution is -2.19. The van der Waals surface area contributed by atoms with E-state index in [2.05, 4.69) is 5.32 Å². The van der Waals surface area contributed by atoms with Crippen LogP contribution in [0.1, 0.15) is 28.8 Å². The minimum absolute atomic E-state index is 0.0969. The predicted octanol–water partition coefficient (Wildman–Crippen LogP) is 3.37. The third-order valence-corrected chi connectivity index (χ3v) is 3.85. The van der Waals surface area contributed by atoms with E-state index in [1.54, 1.807) is 42.5 Å². The predicted molar refractivity (Wildman–Crippen MR) is 90.0 cm³/mol. The zero-order chi connectivity index (χ0) is 16.8. The van der Waals surface area contributed by atoms with E-state index in [4.69, 9.17) is 14.7 Å². The molecule has 2 aromatic rings. The van der Waals surface area contributed by atoms with E-state index in [0.717, 1.165) is 19.4 Å². The first-order valence-corrected chi connectivity index (χ1v) is 7.91. The van der Waals surface area contributed by atoms with Crippen LogP contribution < -0.4 is 10.1 Å². The Balaban J connectivity index is 1.68. The molecule has 0 bridgehead atoms. The molecule has 1 aliphatic rings. The van der Waals surface area contributed by atoms with Gasteiger partial charge in [0, 0.05) is 12.3 Å². The maximum absolute atomic E-state index is 12.5. The van der Waals surface area contributed by atoms with Crippen molar-refractivity contribution in [3.8, 4) is 11.8 Å². The Morgan fingerprint density at radius 1 is 1.25 bits per heavy atom. The van der Waals surface area contributed by atoms with Crippen LogP contribution >= 0.6 is 0 Å². The highest BCUT2D eigenvalue weighted by molar-refractivity contribution is 6.06. The lowest BCUT2D eigenvalue weighted by molar-refractivity contribution is 0.0673. The first-order valence-electron chi connectivity index (χ1n) is 7.91. The molecule has 1 heterocycles. The highest BCUT2D eigenvalue weighted by Crippen LogP contribution is 2.22. The number of carbonyl (C=O) groups is 1. The van der Waals surface area contributed by atoms with Crippen LogP contribution in [0.3, 0.4) is 0 Å². The normalized spacial score (nSPS) is 16.4. The number of anilines is 1. The molecule has 0 aliphatic carbocycles. The lowest BCUT2D eigenvalue weighted by atomic mass is 10.1. The second-order valence-electron chi connectivity index (χ2n) is 5.59. The molecule has 1 fully saturated rings. The number of para-hydroxylation sites is 1. The molecule has 5 nitrogen and oxygen atoms in total. The molecule has 24 heavy (non-hydrogen) atoms. The summed E-state index contributed by atoms with van der Waals surface area (Å²) in [5, 5.41) is 11.6. The van der Waals surface area contributed by atoms with Crippen LogP contribution in [-0.4, -0.2) is 25.2 Å². The van der Waals surface area contributed by atoms with Crippen molar-refractivity contribution in [1.82, 2.24) is 0 Å². The fraction of sp³-hybridized carbons (Fsp3) is 0.263. The third kappa shape index (κ3) is 3.92. The van der Waals surface area contributed by atoms with Gasteiger partial charge in [-0.3, -0.25) is 4.79 Å². The first-order chi connectivity index (χ1) is 11.8. The van der Waals surface area contributed by atoms with Gasteiger partial charge in [0.15, 0.2) is 0 Å². The standard InChI is InChI=1S/C19H18N2O3/c20-12-14-7-9-15(10-8-14)21-19(22)17-5-1-2-6-18(17)24-13-16-4-3-11-23-16/h1-2,5-10,16H,3-4,11,13H2,(H,21,22). The quantitative estimate of drug-likeness (QED) is 0.916. The fourth-order valence-electron chi connectivity index (χ4n) is 2.57. The number of nitrogens with zero attached hydrogens (tertiary/aromatic N) is 1. The van der Waals surface area contributed by atoms with Gasteiger partial charge in [-0.05, 0) is 49.2 Å². The van der Waals surface area contributed by atoms with Crippen LogP contribution in [0.25, 0.3) is 0 Å². The van der Waals surface area contributed by atoms with Crippen LogP contribution in [0.4, 0.5) is 5.69 Å². The topological polar surface area (TPSA) is 71.4 Å². The van der Waals surface area contributed by atoms with E-state index in [1.165, 1.54) is 0 Å². The van der Waals surface area contributed by atoms with Crippen molar-refractivity contribution >= 4 is 11.6 Å². The number of hydrogen-bond acceptors (Lipinski definition) is 4. The van der Waals surface area contributed by atoms with Crippen LogP contribution in [-0.2, 0) is 4.74 Å². The lowest BCUT2D eigenvalue weighted by Gasteiger charge is -2.14. The summed E-state index contributed by atoms with van der Waals surface area (Å²) in [7, 11) is 0. The maximum Gasteiger partial charge on any atom is 0.259 e. The van der Waals surface area contributed by atoms with Gasteiger partial charge in [0.05, 0.1) is 23.3 Å². The summed E-state index contributed by atoms with van der Waals surface area (Å²) >= 11 is 0. The Bertz CT molecular complexity index is 744. The highest BCUT2D eigenvalue weighted by Gasteiger charge is 2.18. The van der Waals surface area contributed by atoms with Gasteiger partial charge < -0.3 is 14.8 Å². The second-order valence-corrected chi connectivity index (χ2v) is 5.59. The first kappa shape index (κ1) is 16.0. The molecular weight excluding hydrogens is 304 g/mol. The zero-order valence-electron chi connectivity index (χ0n) is 13.2. The number of ether oxygens (including phenoxy) is 2. The van der Waals surface area contributed by atoms with Crippen LogP contribution in [0.2, 0.25) is 0 Å². The van der Waals surface area contributed by atoms with Gasteiger partial charge in [-0.25, -0.2) is 0 Å². The molecular formula is C19H18N2O3. The minimum atomic E-state index is -0.248. The van der Waals surface area contributed by atoms with E-state index in [9.17, 15) is 4.79 Å². The summed E-state index contributed by atoms with van der Waals surface area (Å²) in [6.45, 7) is 1.22. The average Bonchev–Trinajstić information content (AvgIpc) is 3.14. The van der Waals surface area contributed by atoms with Gasteiger partial charge in [-0.2, -0.15) is 5.26 Å². The van der Waals surface area contributed by atoms with Crippen molar-refractivity contribution in [3.05, 3.63) is 59.7 Å². The number of nitriles is 1. The number of benzene rings is 2. The molecule has 2 aromatic carbocycles. The van der Waals surface area contributed by atoms with E-state index in [0.29, 0.717) is 29.2 Å². The van der Waals surface area contributed by atoms with Gasteiger partial charge in [0.2, 0.25) is 0 Å². The summed E-state index contributed by atoms with van der Waals surface area (Å²) in [4.78, 5) is 12.5. The third-order valence-electron chi connectivity index (χ3n) is 3.85. The summed E-state index contributed by atoms with van der Waals surface area (Å²) in [6.07, 6.45) is 2.13. The van der Waals surface area contributed by atoms with Crippen molar-refractivity contribution < 1.29 is 14.3 Å². The molecule has 1 N–H and O–H groups in total. The zero-order valence-corrected chi connectivity index (χ0v) is 13.2. The fourth-order valence-corrected chi connectivity index (χ4v) is 2.57. The van der Waals surface area contributed by atoms with Crippen LogP contribution in [0, 0.1) is 11.3 Å². The van der Waals surface area contributed by atoms with Gasteiger partial charge in [-0.1, -0.05) is 12.1 Å². The van der Waals surface area contributed by atoms with Gasteiger partial charge in [0.25, 0.3) is 5.91 Å². The van der Waals surface area contributed by atoms with Crippen LogP contribution in [0.15, 0.2) is 48.5 Å². The van der Waals surface area contributed by atoms with E-state index in [-0.39, 0.29) is 12.0 Å². The Labute approximate surface area is 140 Å². The van der Waals surface area contributed by atoms with Gasteiger partial charge >= 0.3 is 0 Å². The molecule has 1 saturated heterocycles. The number of hydrogen-bond donors (Lipinski definition) is 1. The Hall–Kier alpha value is -2.84. The maximum atomic E-state index is 12.5. The molecule has 0 aromatic heterocycles. The van der Waals surface area contributed by atoms with Gasteiger partial charge in [0.1, 0.15) is 12.4 Å². The van der Waals surface area contributed by atoms with E-state index in [1.807, 2.05) is 12.1 Å². The van der Waals surface area contributed by atoms with Crippen LogP contribution in [0.5, 0.6) is 5.75 Å². The summed E-state index contributed by atoms with van der Waals surface area (Å²) in [5.41, 5.74) is 1.65. The van der Waals surface area contributed by atoms with E-state index < -0.39 is 0 Å². The van der Waals surface area contributed by atoms with Crippen molar-refractivity contribution in [1.29, 1.82) is 5.26 Å². The Morgan fingerprint density at radius 2 is 2.04 bits per heavy atom. The molecule has 1 amide bonds. The molecule has 1 unspecified atom stereocenters. The summed E-state index contributed by atoms with van der Waals surface area (Å²) in [5.74, 6) is 0.293.